The van der Waals surface area contributed by atoms with E-state index in [9.17, 15) is 1.37 Å². The van der Waals surface area contributed by atoms with Gasteiger partial charge in [-0.05, 0) is 90.3 Å². The van der Waals surface area contributed by atoms with Crippen molar-refractivity contribution in [3.63, 3.8) is 0 Å². The Morgan fingerprint density at radius 3 is 2.17 bits per heavy atom. The summed E-state index contributed by atoms with van der Waals surface area (Å²) in [5.74, 6) is -1.36. The molecule has 4 nitrogen and oxygen atoms in total. The van der Waals surface area contributed by atoms with Crippen molar-refractivity contribution in [2.75, 3.05) is 0 Å². The second-order valence-corrected chi connectivity index (χ2v) is 12.4. The zero-order valence-corrected chi connectivity index (χ0v) is 30.4. The van der Waals surface area contributed by atoms with E-state index in [-0.39, 0.29) is 37.5 Å². The summed E-state index contributed by atoms with van der Waals surface area (Å²) in [7, 11) is 0. The number of rotatable bonds is 6. The molecule has 0 aliphatic carbocycles. The fourth-order valence-electron chi connectivity index (χ4n) is 6.36. The molecule has 0 saturated heterocycles. The summed E-state index contributed by atoms with van der Waals surface area (Å²) in [6, 6.07) is 35.8. The Balaban J connectivity index is 0.000000339. The molecule has 7 aromatic rings. The van der Waals surface area contributed by atoms with Crippen LogP contribution in [0.25, 0.3) is 55.8 Å². The molecule has 0 spiro atoms. The molecule has 0 amide bonds. The smallest absolute Gasteiger partial charge is 0.216 e. The van der Waals surface area contributed by atoms with E-state index < -0.39 is 12.7 Å². The van der Waals surface area contributed by atoms with Gasteiger partial charge in [0.05, 0.1) is 11.3 Å². The van der Waals surface area contributed by atoms with E-state index in [0.717, 1.165) is 44.4 Å². The Morgan fingerprint density at radius 2 is 1.50 bits per heavy atom. The summed E-state index contributed by atoms with van der Waals surface area (Å²) in [6.07, 6.45) is 3.19. The summed E-state index contributed by atoms with van der Waals surface area (Å²) in [4.78, 5) is 13.7. The van der Waals surface area contributed by atoms with E-state index in [0.29, 0.717) is 28.1 Å². The SMILES string of the molecule is [2H]C([2H])([2H])c1cnc(-c2[c-]ccc3c2oc2nc(-c4c(C)cccc4C)ccc23)cc1C([2H])(C(C)C)C(C)C.[Ir].[c-]1ccccc1-c1ccccn1. The van der Waals surface area contributed by atoms with Gasteiger partial charge in [0, 0.05) is 48.9 Å². The number of pyridine rings is 3. The van der Waals surface area contributed by atoms with Crippen LogP contribution in [0.5, 0.6) is 0 Å². The van der Waals surface area contributed by atoms with Crippen LogP contribution in [0.4, 0.5) is 0 Å². The van der Waals surface area contributed by atoms with Gasteiger partial charge >= 0.3 is 0 Å². The van der Waals surface area contributed by atoms with Crippen molar-refractivity contribution in [3.8, 4) is 33.8 Å². The minimum atomic E-state index is -2.39. The van der Waals surface area contributed by atoms with Crippen molar-refractivity contribution < 1.29 is 30.0 Å². The van der Waals surface area contributed by atoms with Crippen LogP contribution in [-0.2, 0) is 20.1 Å². The van der Waals surface area contributed by atoms with Gasteiger partial charge in [-0.15, -0.1) is 54.1 Å². The fraction of sp³-hybridized carbons (Fsp3) is 0.233. The third kappa shape index (κ3) is 7.18. The fourth-order valence-corrected chi connectivity index (χ4v) is 6.36. The molecule has 48 heavy (non-hydrogen) atoms. The van der Waals surface area contributed by atoms with Crippen LogP contribution in [0, 0.1) is 44.7 Å². The summed E-state index contributed by atoms with van der Waals surface area (Å²) in [5.41, 5.74) is 9.06. The predicted molar refractivity (Wildman–Crippen MR) is 194 cm³/mol. The van der Waals surface area contributed by atoms with Gasteiger partial charge in [-0.3, -0.25) is 0 Å². The Kier molecular flexibility index (Phi) is 9.39. The molecular weight excluding hydrogens is 767 g/mol. The quantitative estimate of drug-likeness (QED) is 0.157. The number of nitrogens with zero attached hydrogens (tertiary/aromatic N) is 3. The van der Waals surface area contributed by atoms with Crippen molar-refractivity contribution >= 4 is 22.1 Å². The minimum Gasteiger partial charge on any atom is -0.486 e. The minimum absolute atomic E-state index is 0. The predicted octanol–water partition coefficient (Wildman–Crippen LogP) is 11.4. The first-order valence-electron chi connectivity index (χ1n) is 18.0. The monoisotopic (exact) mass is 812 g/mol. The van der Waals surface area contributed by atoms with E-state index in [1.165, 1.54) is 6.20 Å². The van der Waals surface area contributed by atoms with Gasteiger partial charge in [-0.2, -0.15) is 0 Å². The molecule has 0 bridgehead atoms. The second kappa shape index (κ2) is 15.2. The van der Waals surface area contributed by atoms with Crippen LogP contribution >= 0.6 is 0 Å². The van der Waals surface area contributed by atoms with E-state index in [1.807, 2.05) is 100 Å². The van der Waals surface area contributed by atoms with Gasteiger partial charge in [-0.1, -0.05) is 75.0 Å². The number of furan rings is 1. The standard InChI is InChI=1S/C32H33N2O.C11H8N.Ir/c1-18(2)29(19(3)4)26-16-28(33-17-22(26)7)25-13-9-12-23-24-14-15-27(34-32(24)35-31(23)25)30-20(5)10-8-11-21(30)6;1-2-6-10(7-3-1)11-8-4-5-9-12-11;/h8-12,14-19,29H,1-7H3;1-6,8-9H;/q2*-1;/i7D3,29D;;. The molecule has 1 radical (unpaired) electrons. The van der Waals surface area contributed by atoms with E-state index >= 15 is 0 Å². The molecule has 7 rings (SSSR count). The maximum Gasteiger partial charge on any atom is 0.216 e. The zero-order valence-electron chi connectivity index (χ0n) is 32.1. The van der Waals surface area contributed by atoms with Gasteiger partial charge in [0.2, 0.25) is 5.71 Å². The number of hydrogen-bond acceptors (Lipinski definition) is 4. The molecule has 0 aliphatic rings. The topological polar surface area (TPSA) is 51.8 Å². The first-order chi connectivity index (χ1) is 24.3. The van der Waals surface area contributed by atoms with Crippen LogP contribution in [0.1, 0.15) is 61.3 Å². The third-order valence-corrected chi connectivity index (χ3v) is 8.40. The molecule has 0 fully saturated rings. The molecule has 0 unspecified atom stereocenters. The third-order valence-electron chi connectivity index (χ3n) is 8.40. The van der Waals surface area contributed by atoms with Gasteiger partial charge in [0.25, 0.3) is 0 Å². The molecular formula is C43H41IrN3O-2. The van der Waals surface area contributed by atoms with Gasteiger partial charge in [0.15, 0.2) is 0 Å². The van der Waals surface area contributed by atoms with Crippen molar-refractivity contribution in [2.45, 2.75) is 54.3 Å². The molecule has 0 atom stereocenters. The van der Waals surface area contributed by atoms with Crippen molar-refractivity contribution in [2.24, 2.45) is 11.8 Å². The van der Waals surface area contributed by atoms with Crippen LogP contribution in [0.3, 0.4) is 0 Å². The van der Waals surface area contributed by atoms with E-state index in [1.54, 1.807) is 12.3 Å². The molecule has 4 heterocycles. The first-order valence-corrected chi connectivity index (χ1v) is 16.0. The average molecular weight is 812 g/mol. The molecule has 4 aromatic heterocycles. The van der Waals surface area contributed by atoms with Gasteiger partial charge in [0.1, 0.15) is 0 Å². The second-order valence-electron chi connectivity index (χ2n) is 12.4. The van der Waals surface area contributed by atoms with Crippen LogP contribution in [0.2, 0.25) is 0 Å². The molecule has 0 aliphatic heterocycles. The van der Waals surface area contributed by atoms with E-state index in [4.69, 9.17) is 13.5 Å². The van der Waals surface area contributed by atoms with Gasteiger partial charge < -0.3 is 14.4 Å². The Morgan fingerprint density at radius 1 is 0.729 bits per heavy atom. The summed E-state index contributed by atoms with van der Waals surface area (Å²) in [5, 5.41) is 1.76. The van der Waals surface area contributed by atoms with Crippen LogP contribution in [0.15, 0.2) is 108 Å². The Labute approximate surface area is 303 Å². The maximum absolute atomic E-state index is 9.42. The maximum atomic E-state index is 9.42. The van der Waals surface area contributed by atoms with Crippen molar-refractivity contribution in [1.82, 2.24) is 15.0 Å². The molecule has 245 valence electrons. The summed E-state index contributed by atoms with van der Waals surface area (Å²) in [6.45, 7) is 9.60. The normalized spacial score (nSPS) is 12.9. The number of fused-ring (bicyclic) bond motifs is 3. The van der Waals surface area contributed by atoms with Crippen LogP contribution < -0.4 is 0 Å². The van der Waals surface area contributed by atoms with Crippen LogP contribution in [-0.4, -0.2) is 15.0 Å². The summed E-state index contributed by atoms with van der Waals surface area (Å²) >= 11 is 0. The average Bonchev–Trinajstić information content (AvgIpc) is 3.49. The number of hydrogen-bond donors (Lipinski definition) is 0. The van der Waals surface area contributed by atoms with Gasteiger partial charge in [-0.25, -0.2) is 4.98 Å². The molecule has 5 heteroatoms. The summed E-state index contributed by atoms with van der Waals surface area (Å²) < 4.78 is 40.2. The van der Waals surface area contributed by atoms with Crippen molar-refractivity contribution in [1.29, 1.82) is 0 Å². The Hall–Kier alpha value is -4.44. The largest absolute Gasteiger partial charge is 0.486 e. The first kappa shape index (κ1) is 29.7. The molecule has 0 saturated carbocycles. The Bertz CT molecular complexity index is 2240. The molecule has 0 N–H and O–H groups in total. The number of benzene rings is 3. The number of aromatic nitrogens is 3. The van der Waals surface area contributed by atoms with Crippen molar-refractivity contribution in [3.05, 3.63) is 138 Å². The molecule has 3 aromatic carbocycles. The zero-order chi connectivity index (χ0) is 36.5. The number of aryl methyl sites for hydroxylation is 3. The van der Waals surface area contributed by atoms with E-state index in [2.05, 4.69) is 48.1 Å².